The molecule has 0 aliphatic heterocycles. The van der Waals surface area contributed by atoms with E-state index in [1.54, 1.807) is 6.92 Å². The van der Waals surface area contributed by atoms with Gasteiger partial charge in [0, 0.05) is 0 Å². The molecule has 2 atom stereocenters. The van der Waals surface area contributed by atoms with E-state index in [1.165, 1.54) is 0 Å². The minimum absolute atomic E-state index is 0.0555. The summed E-state index contributed by atoms with van der Waals surface area (Å²) in [6, 6.07) is 9.96. The van der Waals surface area contributed by atoms with Gasteiger partial charge in [-0.3, -0.25) is 4.79 Å². The van der Waals surface area contributed by atoms with Crippen LogP contribution in [0.5, 0.6) is 0 Å². The lowest BCUT2D eigenvalue weighted by atomic mass is 10.0. The Morgan fingerprint density at radius 3 is 2.47 bits per heavy atom. The van der Waals surface area contributed by atoms with Gasteiger partial charge in [0.15, 0.2) is 0 Å². The van der Waals surface area contributed by atoms with Crippen LogP contribution in [0.15, 0.2) is 30.3 Å². The minimum Gasteiger partial charge on any atom is -0.348 e. The Morgan fingerprint density at radius 1 is 1.40 bits per heavy atom. The molecule has 3 heteroatoms. The molecule has 0 aliphatic rings. The molecule has 0 bridgehead atoms. The Bertz CT molecular complexity index is 311. The van der Waals surface area contributed by atoms with Gasteiger partial charge in [-0.25, -0.2) is 0 Å². The third-order valence-electron chi connectivity index (χ3n) is 2.29. The van der Waals surface area contributed by atoms with Gasteiger partial charge in [-0.15, -0.1) is 11.6 Å². The van der Waals surface area contributed by atoms with E-state index in [4.69, 9.17) is 11.6 Å². The SMILES string of the molecule is CC[C@@H](NC(=O)[C@@H](C)Cl)c1ccccc1. The van der Waals surface area contributed by atoms with Gasteiger partial charge in [0.25, 0.3) is 0 Å². The van der Waals surface area contributed by atoms with Crippen LogP contribution >= 0.6 is 11.6 Å². The fraction of sp³-hybridized carbons (Fsp3) is 0.417. The van der Waals surface area contributed by atoms with Crippen LogP contribution in [0.3, 0.4) is 0 Å². The van der Waals surface area contributed by atoms with Crippen molar-refractivity contribution in [2.24, 2.45) is 0 Å². The number of carbonyl (C=O) groups excluding carboxylic acids is 1. The first-order chi connectivity index (χ1) is 7.15. The Labute approximate surface area is 95.6 Å². The Hall–Kier alpha value is -1.02. The van der Waals surface area contributed by atoms with E-state index in [-0.39, 0.29) is 11.9 Å². The molecule has 1 rings (SSSR count). The number of nitrogens with one attached hydrogen (secondary N) is 1. The second kappa shape index (κ2) is 5.76. The van der Waals surface area contributed by atoms with Crippen LogP contribution in [0.4, 0.5) is 0 Å². The predicted molar refractivity (Wildman–Crippen MR) is 62.9 cm³/mol. The van der Waals surface area contributed by atoms with E-state index in [9.17, 15) is 4.79 Å². The highest BCUT2D eigenvalue weighted by molar-refractivity contribution is 6.30. The lowest BCUT2D eigenvalue weighted by molar-refractivity contribution is -0.121. The van der Waals surface area contributed by atoms with Crippen LogP contribution in [0.1, 0.15) is 31.9 Å². The van der Waals surface area contributed by atoms with Crippen LogP contribution in [-0.2, 0) is 4.79 Å². The van der Waals surface area contributed by atoms with E-state index in [0.717, 1.165) is 12.0 Å². The molecule has 0 saturated heterocycles. The van der Waals surface area contributed by atoms with Crippen LogP contribution in [0, 0.1) is 0 Å². The summed E-state index contributed by atoms with van der Waals surface area (Å²) in [5.41, 5.74) is 1.12. The van der Waals surface area contributed by atoms with Crippen molar-refractivity contribution in [1.82, 2.24) is 5.32 Å². The minimum atomic E-state index is -0.484. The summed E-state index contributed by atoms with van der Waals surface area (Å²) in [6.07, 6.45) is 0.860. The number of alkyl halides is 1. The van der Waals surface area contributed by atoms with Gasteiger partial charge in [-0.1, -0.05) is 37.3 Å². The summed E-state index contributed by atoms with van der Waals surface area (Å²) in [5, 5.41) is 2.43. The molecular weight excluding hydrogens is 210 g/mol. The molecule has 0 radical (unpaired) electrons. The first kappa shape index (κ1) is 12.1. The van der Waals surface area contributed by atoms with Gasteiger partial charge in [-0.05, 0) is 18.9 Å². The number of rotatable bonds is 4. The highest BCUT2D eigenvalue weighted by atomic mass is 35.5. The maximum Gasteiger partial charge on any atom is 0.238 e. The quantitative estimate of drug-likeness (QED) is 0.785. The fourth-order valence-electron chi connectivity index (χ4n) is 1.39. The van der Waals surface area contributed by atoms with Gasteiger partial charge < -0.3 is 5.32 Å². The van der Waals surface area contributed by atoms with Crippen molar-refractivity contribution >= 4 is 17.5 Å². The maximum atomic E-state index is 11.4. The van der Waals surface area contributed by atoms with E-state index in [2.05, 4.69) is 5.32 Å². The van der Waals surface area contributed by atoms with E-state index in [0.29, 0.717) is 0 Å². The normalized spacial score (nSPS) is 14.3. The zero-order valence-electron chi connectivity index (χ0n) is 9.03. The lowest BCUT2D eigenvalue weighted by Crippen LogP contribution is -2.33. The number of carbonyl (C=O) groups is 1. The lowest BCUT2D eigenvalue weighted by Gasteiger charge is -2.18. The molecule has 1 N–H and O–H groups in total. The van der Waals surface area contributed by atoms with Crippen LogP contribution in [0.2, 0.25) is 0 Å². The fourth-order valence-corrected chi connectivity index (χ4v) is 1.46. The van der Waals surface area contributed by atoms with Gasteiger partial charge in [0.05, 0.1) is 6.04 Å². The van der Waals surface area contributed by atoms with Gasteiger partial charge in [0.1, 0.15) is 5.38 Å². The second-order valence-corrected chi connectivity index (χ2v) is 4.15. The molecule has 2 nitrogen and oxygen atoms in total. The Kier molecular flexibility index (Phi) is 4.63. The van der Waals surface area contributed by atoms with Crippen molar-refractivity contribution in [3.8, 4) is 0 Å². The van der Waals surface area contributed by atoms with Gasteiger partial charge in [0.2, 0.25) is 5.91 Å². The van der Waals surface area contributed by atoms with Crippen molar-refractivity contribution in [2.75, 3.05) is 0 Å². The number of hydrogen-bond donors (Lipinski definition) is 1. The third-order valence-corrected chi connectivity index (χ3v) is 2.49. The smallest absolute Gasteiger partial charge is 0.238 e. The summed E-state index contributed by atoms with van der Waals surface area (Å²) in [6.45, 7) is 3.71. The molecule has 0 aromatic heterocycles. The zero-order chi connectivity index (χ0) is 11.3. The summed E-state index contributed by atoms with van der Waals surface area (Å²) < 4.78 is 0. The predicted octanol–water partition coefficient (Wildman–Crippen LogP) is 2.88. The topological polar surface area (TPSA) is 29.1 Å². The highest BCUT2D eigenvalue weighted by Crippen LogP contribution is 2.16. The molecule has 0 fully saturated rings. The maximum absolute atomic E-state index is 11.4. The van der Waals surface area contributed by atoms with Crippen LogP contribution < -0.4 is 5.32 Å². The van der Waals surface area contributed by atoms with Crippen molar-refractivity contribution < 1.29 is 4.79 Å². The summed E-state index contributed by atoms with van der Waals surface area (Å²) >= 11 is 5.70. The highest BCUT2D eigenvalue weighted by Gasteiger charge is 2.15. The molecule has 0 unspecified atom stereocenters. The molecule has 0 saturated carbocycles. The van der Waals surface area contributed by atoms with Crippen molar-refractivity contribution in [3.05, 3.63) is 35.9 Å². The molecule has 0 aliphatic carbocycles. The Balaban J connectivity index is 2.69. The molecule has 0 heterocycles. The largest absolute Gasteiger partial charge is 0.348 e. The molecule has 82 valence electrons. The second-order valence-electron chi connectivity index (χ2n) is 3.50. The molecular formula is C12H16ClNO. The summed E-state index contributed by atoms with van der Waals surface area (Å²) in [5.74, 6) is -0.118. The molecule has 0 spiro atoms. The van der Waals surface area contributed by atoms with E-state index < -0.39 is 5.38 Å². The van der Waals surface area contributed by atoms with E-state index in [1.807, 2.05) is 37.3 Å². The number of hydrogen-bond acceptors (Lipinski definition) is 1. The summed E-state index contributed by atoms with van der Waals surface area (Å²) in [7, 11) is 0. The van der Waals surface area contributed by atoms with Gasteiger partial charge >= 0.3 is 0 Å². The summed E-state index contributed by atoms with van der Waals surface area (Å²) in [4.78, 5) is 11.4. The van der Waals surface area contributed by atoms with E-state index >= 15 is 0 Å². The van der Waals surface area contributed by atoms with Crippen molar-refractivity contribution in [3.63, 3.8) is 0 Å². The third kappa shape index (κ3) is 3.56. The monoisotopic (exact) mass is 225 g/mol. The number of benzene rings is 1. The van der Waals surface area contributed by atoms with Crippen LogP contribution in [0.25, 0.3) is 0 Å². The van der Waals surface area contributed by atoms with Crippen molar-refractivity contribution in [1.29, 1.82) is 0 Å². The number of amides is 1. The standard InChI is InChI=1S/C12H16ClNO/c1-3-11(14-12(15)9(2)13)10-7-5-4-6-8-10/h4-9,11H,3H2,1-2H3,(H,14,15)/t9-,11-/m1/s1. The molecule has 15 heavy (non-hydrogen) atoms. The Morgan fingerprint density at radius 2 is 2.00 bits per heavy atom. The first-order valence-corrected chi connectivity index (χ1v) is 5.58. The number of halogens is 1. The average molecular weight is 226 g/mol. The van der Waals surface area contributed by atoms with Crippen LogP contribution in [-0.4, -0.2) is 11.3 Å². The first-order valence-electron chi connectivity index (χ1n) is 5.14. The van der Waals surface area contributed by atoms with Gasteiger partial charge in [-0.2, -0.15) is 0 Å². The molecule has 1 aromatic carbocycles. The zero-order valence-corrected chi connectivity index (χ0v) is 9.79. The average Bonchev–Trinajstić information content (AvgIpc) is 2.26. The molecule has 1 aromatic rings. The molecule has 1 amide bonds. The van der Waals surface area contributed by atoms with Crippen molar-refractivity contribution in [2.45, 2.75) is 31.7 Å².